The summed E-state index contributed by atoms with van der Waals surface area (Å²) in [4.78, 5) is 1.22. The molecule has 8 heteroatoms. The Bertz CT molecular complexity index is 827. The zero-order chi connectivity index (χ0) is 18.4. The summed E-state index contributed by atoms with van der Waals surface area (Å²) in [6.07, 6.45) is 2.08. The minimum Gasteiger partial charge on any atom is -0.497 e. The molecule has 3 aromatic rings. The second-order valence-corrected chi connectivity index (χ2v) is 6.39. The van der Waals surface area contributed by atoms with Crippen molar-refractivity contribution in [3.05, 3.63) is 54.6 Å². The summed E-state index contributed by atoms with van der Waals surface area (Å²) >= 11 is 1.73. The van der Waals surface area contributed by atoms with Crippen molar-refractivity contribution in [2.75, 3.05) is 13.4 Å². The molecule has 0 N–H and O–H groups in total. The molecule has 0 radical (unpaired) electrons. The number of fused-ring (bicyclic) bond motifs is 1. The van der Waals surface area contributed by atoms with E-state index in [0.717, 1.165) is 28.0 Å². The summed E-state index contributed by atoms with van der Waals surface area (Å²) in [7, 11) is -3.28. The van der Waals surface area contributed by atoms with Gasteiger partial charge in [0, 0.05) is 11.0 Å². The first-order valence-corrected chi connectivity index (χ1v) is 9.44. The molecule has 0 aliphatic heterocycles. The standard InChI is InChI=1S/C17H15O2S.ClHO4/c1-18-13-9-7-12(8-10-13)16-11-17(20-2)14-5-3-4-6-15(14)19-16;2-1(3,4)5/h3-11H,1-2H3;(H,2,3,4,5)/q+1;/p-1. The molecule has 0 saturated heterocycles. The van der Waals surface area contributed by atoms with E-state index in [4.69, 9.17) is 27.8 Å². The Balaban J connectivity index is 0.000000399. The molecule has 6 nitrogen and oxygen atoms in total. The molecule has 1 heterocycles. The number of para-hydroxylation sites is 1. The SMILES string of the molecule is COc1ccc(-c2cc(SC)c3ccccc3[o+]2)cc1.[O-][Cl+3]([O-])([O-])[O-]. The van der Waals surface area contributed by atoms with Crippen LogP contribution in [0, 0.1) is 10.2 Å². The lowest BCUT2D eigenvalue weighted by Gasteiger charge is -2.17. The van der Waals surface area contributed by atoms with E-state index in [1.165, 1.54) is 4.90 Å². The van der Waals surface area contributed by atoms with Crippen molar-refractivity contribution >= 4 is 22.7 Å². The van der Waals surface area contributed by atoms with Gasteiger partial charge < -0.3 is 4.74 Å². The van der Waals surface area contributed by atoms with Crippen molar-refractivity contribution in [3.63, 3.8) is 0 Å². The lowest BCUT2D eigenvalue weighted by atomic mass is 10.1. The van der Waals surface area contributed by atoms with Gasteiger partial charge in [-0.2, -0.15) is 0 Å². The van der Waals surface area contributed by atoms with E-state index >= 15 is 0 Å². The van der Waals surface area contributed by atoms with Gasteiger partial charge in [-0.25, -0.2) is 23.1 Å². The van der Waals surface area contributed by atoms with E-state index in [1.807, 2.05) is 42.5 Å². The van der Waals surface area contributed by atoms with E-state index < -0.39 is 10.2 Å². The summed E-state index contributed by atoms with van der Waals surface area (Å²) < 4.78 is 45.2. The second-order valence-electron chi connectivity index (χ2n) is 4.78. The van der Waals surface area contributed by atoms with E-state index in [2.05, 4.69) is 18.4 Å². The maximum absolute atomic E-state index is 8.49. The Kier molecular flexibility index (Phi) is 6.60. The second kappa shape index (κ2) is 8.48. The quantitative estimate of drug-likeness (QED) is 0.474. The van der Waals surface area contributed by atoms with Crippen LogP contribution in [0.25, 0.3) is 22.3 Å². The van der Waals surface area contributed by atoms with Gasteiger partial charge in [-0.05, 0) is 36.6 Å². The fraction of sp³-hybridized carbons (Fsp3) is 0.118. The Hall–Kier alpha value is -1.87. The first kappa shape index (κ1) is 19.5. The molecule has 0 spiro atoms. The number of hydrogen-bond acceptors (Lipinski definition) is 6. The van der Waals surface area contributed by atoms with Crippen LogP contribution in [0.5, 0.6) is 5.75 Å². The Morgan fingerprint density at radius 1 is 0.960 bits per heavy atom. The van der Waals surface area contributed by atoms with Crippen molar-refractivity contribution in [1.82, 2.24) is 0 Å². The lowest BCUT2D eigenvalue weighted by molar-refractivity contribution is -2.00. The average Bonchev–Trinajstić information content (AvgIpc) is 2.59. The van der Waals surface area contributed by atoms with Crippen LogP contribution in [-0.4, -0.2) is 13.4 Å². The smallest absolute Gasteiger partial charge is 0.361 e. The van der Waals surface area contributed by atoms with Crippen LogP contribution in [0.1, 0.15) is 0 Å². The van der Waals surface area contributed by atoms with Gasteiger partial charge in [0.25, 0.3) is 0 Å². The van der Waals surface area contributed by atoms with Crippen molar-refractivity contribution in [2.45, 2.75) is 4.90 Å². The van der Waals surface area contributed by atoms with Gasteiger partial charge in [-0.15, -0.1) is 22.0 Å². The van der Waals surface area contributed by atoms with E-state index in [1.54, 1.807) is 18.9 Å². The van der Waals surface area contributed by atoms with Gasteiger partial charge >= 0.3 is 11.3 Å². The molecule has 25 heavy (non-hydrogen) atoms. The Morgan fingerprint density at radius 2 is 1.56 bits per heavy atom. The van der Waals surface area contributed by atoms with Crippen LogP contribution < -0.4 is 23.4 Å². The molecule has 0 saturated carbocycles. The largest absolute Gasteiger partial charge is 0.497 e. The van der Waals surface area contributed by atoms with Crippen molar-refractivity contribution in [3.8, 4) is 17.1 Å². The molecule has 0 bridgehead atoms. The lowest BCUT2D eigenvalue weighted by Crippen LogP contribution is -2.68. The third-order valence-electron chi connectivity index (χ3n) is 3.23. The number of thioether (sulfide) groups is 1. The fourth-order valence-corrected chi connectivity index (χ4v) is 2.78. The van der Waals surface area contributed by atoms with Crippen molar-refractivity contribution in [1.29, 1.82) is 0 Å². The average molecular weight is 383 g/mol. The number of methoxy groups -OCH3 is 1. The molecule has 0 aliphatic rings. The van der Waals surface area contributed by atoms with Gasteiger partial charge in [0.2, 0.25) is 0 Å². The molecular formula is C17H15ClO6S. The summed E-state index contributed by atoms with van der Waals surface area (Å²) in [5.74, 6) is 1.72. The predicted octanol–water partition coefficient (Wildman–Crippen LogP) is 0.355. The third kappa shape index (κ3) is 5.86. The first-order valence-electron chi connectivity index (χ1n) is 6.98. The summed E-state index contributed by atoms with van der Waals surface area (Å²) in [5.41, 5.74) is 1.96. The topological polar surface area (TPSA) is 113 Å². The van der Waals surface area contributed by atoms with E-state index in [9.17, 15) is 0 Å². The van der Waals surface area contributed by atoms with Gasteiger partial charge in [-0.3, -0.25) is 0 Å². The molecule has 0 fully saturated rings. The van der Waals surface area contributed by atoms with Crippen molar-refractivity contribution in [2.24, 2.45) is 0 Å². The van der Waals surface area contributed by atoms with Crippen LogP contribution >= 0.6 is 11.8 Å². The third-order valence-corrected chi connectivity index (χ3v) is 4.01. The first-order chi connectivity index (χ1) is 11.8. The highest BCUT2D eigenvalue weighted by Gasteiger charge is 2.18. The molecule has 1 aromatic heterocycles. The predicted molar refractivity (Wildman–Crippen MR) is 84.4 cm³/mol. The molecule has 2 aromatic carbocycles. The Labute approximate surface area is 151 Å². The van der Waals surface area contributed by atoms with Crippen LogP contribution in [0.3, 0.4) is 0 Å². The normalized spacial score (nSPS) is 11.0. The van der Waals surface area contributed by atoms with Crippen LogP contribution in [0.15, 0.2) is 63.9 Å². The maximum atomic E-state index is 8.49. The Morgan fingerprint density at radius 3 is 2.12 bits per heavy atom. The highest BCUT2D eigenvalue weighted by atomic mass is 35.7. The van der Waals surface area contributed by atoms with Crippen LogP contribution in [0.2, 0.25) is 0 Å². The fourth-order valence-electron chi connectivity index (χ4n) is 2.17. The van der Waals surface area contributed by atoms with Crippen LogP contribution in [-0.2, 0) is 0 Å². The molecule has 0 unspecified atom stereocenters. The number of halogens is 1. The number of benzene rings is 2. The summed E-state index contributed by atoms with van der Waals surface area (Å²) in [6, 6.07) is 18.1. The van der Waals surface area contributed by atoms with Gasteiger partial charge in [-0.1, -0.05) is 12.1 Å². The highest BCUT2D eigenvalue weighted by molar-refractivity contribution is 7.98. The monoisotopic (exact) mass is 382 g/mol. The minimum atomic E-state index is -4.94. The number of rotatable bonds is 3. The summed E-state index contributed by atoms with van der Waals surface area (Å²) in [5, 5.41) is 1.15. The zero-order valence-electron chi connectivity index (χ0n) is 13.4. The maximum Gasteiger partial charge on any atom is 0.361 e. The molecule has 0 amide bonds. The van der Waals surface area contributed by atoms with E-state index in [-0.39, 0.29) is 0 Å². The van der Waals surface area contributed by atoms with Gasteiger partial charge in [0.05, 0.1) is 24.1 Å². The molecule has 0 aliphatic carbocycles. The molecule has 3 rings (SSSR count). The minimum absolute atomic E-state index is 0.847. The molecule has 132 valence electrons. The molecule has 0 atom stereocenters. The molecular weight excluding hydrogens is 368 g/mol. The van der Waals surface area contributed by atoms with Crippen molar-refractivity contribution < 1.29 is 38.0 Å². The number of hydrogen-bond donors (Lipinski definition) is 0. The van der Waals surface area contributed by atoms with Crippen LogP contribution in [0.4, 0.5) is 0 Å². The zero-order valence-corrected chi connectivity index (χ0v) is 15.0. The van der Waals surface area contributed by atoms with Gasteiger partial charge in [0.15, 0.2) is 0 Å². The van der Waals surface area contributed by atoms with Gasteiger partial charge in [0.1, 0.15) is 5.75 Å². The highest BCUT2D eigenvalue weighted by Crippen LogP contribution is 2.33. The number of ether oxygens (including phenoxy) is 1. The summed E-state index contributed by atoms with van der Waals surface area (Å²) in [6.45, 7) is 0. The van der Waals surface area contributed by atoms with E-state index in [0.29, 0.717) is 0 Å².